The number of nitrogens with one attached hydrogen (secondary N) is 1. The summed E-state index contributed by atoms with van der Waals surface area (Å²) in [4.78, 5) is 4.32. The van der Waals surface area contributed by atoms with Gasteiger partial charge in [-0.3, -0.25) is 4.98 Å². The number of fused-ring (bicyclic) bond motifs is 1. The highest BCUT2D eigenvalue weighted by Gasteiger charge is 2.13. The van der Waals surface area contributed by atoms with Crippen LogP contribution >= 0.6 is 0 Å². The molecule has 0 saturated carbocycles. The van der Waals surface area contributed by atoms with Crippen molar-refractivity contribution in [2.75, 3.05) is 6.79 Å². The molecule has 0 bridgehead atoms. The molecule has 0 saturated heterocycles. The molecule has 110 valence electrons. The van der Waals surface area contributed by atoms with E-state index in [9.17, 15) is 0 Å². The fourth-order valence-corrected chi connectivity index (χ4v) is 2.36. The molecule has 0 fully saturated rings. The zero-order valence-electron chi connectivity index (χ0n) is 12.2. The molecular formula is C17H20N2O2. The fraction of sp³-hybridized carbons (Fsp3) is 0.353. The zero-order chi connectivity index (χ0) is 14.5. The van der Waals surface area contributed by atoms with Crippen LogP contribution in [-0.4, -0.2) is 17.8 Å². The maximum Gasteiger partial charge on any atom is 0.231 e. The summed E-state index contributed by atoms with van der Waals surface area (Å²) in [6, 6.07) is 12.6. The highest BCUT2D eigenvalue weighted by Crippen LogP contribution is 2.32. The second-order valence-corrected chi connectivity index (χ2v) is 5.33. The topological polar surface area (TPSA) is 43.4 Å². The molecule has 4 nitrogen and oxygen atoms in total. The Morgan fingerprint density at radius 1 is 1.19 bits per heavy atom. The van der Waals surface area contributed by atoms with Crippen molar-refractivity contribution in [1.82, 2.24) is 10.3 Å². The predicted octanol–water partition coefficient (Wildman–Crippen LogP) is 2.92. The first-order valence-electron chi connectivity index (χ1n) is 7.33. The molecule has 21 heavy (non-hydrogen) atoms. The number of hydrogen-bond donors (Lipinski definition) is 1. The maximum absolute atomic E-state index is 5.41. The van der Waals surface area contributed by atoms with Gasteiger partial charge in [0.25, 0.3) is 0 Å². The average molecular weight is 284 g/mol. The molecule has 0 aliphatic carbocycles. The normalized spacial score (nSPS) is 14.1. The Balaban J connectivity index is 1.46. The number of benzene rings is 1. The molecule has 3 rings (SSSR count). The van der Waals surface area contributed by atoms with Gasteiger partial charge >= 0.3 is 0 Å². The van der Waals surface area contributed by atoms with Gasteiger partial charge in [0.1, 0.15) is 0 Å². The number of aryl methyl sites for hydroxylation is 1. The van der Waals surface area contributed by atoms with Crippen molar-refractivity contribution in [2.24, 2.45) is 0 Å². The monoisotopic (exact) mass is 284 g/mol. The lowest BCUT2D eigenvalue weighted by Gasteiger charge is -2.13. The van der Waals surface area contributed by atoms with Gasteiger partial charge in [0.2, 0.25) is 6.79 Å². The van der Waals surface area contributed by atoms with Gasteiger partial charge in [-0.25, -0.2) is 0 Å². The van der Waals surface area contributed by atoms with Crippen molar-refractivity contribution in [2.45, 2.75) is 32.4 Å². The first-order chi connectivity index (χ1) is 10.3. The molecule has 0 amide bonds. The number of nitrogens with zero attached hydrogens (tertiary/aromatic N) is 1. The smallest absolute Gasteiger partial charge is 0.231 e. The van der Waals surface area contributed by atoms with Crippen LogP contribution in [0.3, 0.4) is 0 Å². The molecule has 1 aromatic heterocycles. The fourth-order valence-electron chi connectivity index (χ4n) is 2.36. The first kappa shape index (κ1) is 13.9. The summed E-state index contributed by atoms with van der Waals surface area (Å²) in [6.45, 7) is 3.35. The van der Waals surface area contributed by atoms with E-state index in [1.165, 1.54) is 5.56 Å². The van der Waals surface area contributed by atoms with E-state index < -0.39 is 0 Å². The lowest BCUT2D eigenvalue weighted by atomic mass is 10.1. The summed E-state index contributed by atoms with van der Waals surface area (Å²) in [5, 5.41) is 3.50. The van der Waals surface area contributed by atoms with Gasteiger partial charge in [0.05, 0.1) is 5.69 Å². The van der Waals surface area contributed by atoms with Crippen molar-refractivity contribution in [3.63, 3.8) is 0 Å². The standard InChI is InChI=1S/C17H20N2O2/c1-13(19-11-15-4-2-3-9-18-15)5-6-14-7-8-16-17(10-14)21-12-20-16/h2-4,7-10,13,19H,5-6,11-12H2,1H3. The van der Waals surface area contributed by atoms with Gasteiger partial charge in [0.15, 0.2) is 11.5 Å². The van der Waals surface area contributed by atoms with E-state index in [0.29, 0.717) is 12.8 Å². The number of hydrogen-bond acceptors (Lipinski definition) is 4. The van der Waals surface area contributed by atoms with Gasteiger partial charge in [-0.15, -0.1) is 0 Å². The minimum absolute atomic E-state index is 0.334. The summed E-state index contributed by atoms with van der Waals surface area (Å²) in [5.74, 6) is 1.71. The van der Waals surface area contributed by atoms with E-state index in [1.807, 2.05) is 30.5 Å². The van der Waals surface area contributed by atoms with Crippen LogP contribution in [0.15, 0.2) is 42.6 Å². The van der Waals surface area contributed by atoms with Crippen LogP contribution in [0.5, 0.6) is 11.5 Å². The molecule has 0 radical (unpaired) electrons. The molecule has 1 unspecified atom stereocenters. The summed E-state index contributed by atoms with van der Waals surface area (Å²) in [5.41, 5.74) is 2.36. The number of rotatable bonds is 6. The van der Waals surface area contributed by atoms with Gasteiger partial charge < -0.3 is 14.8 Å². The molecule has 1 aromatic carbocycles. The van der Waals surface area contributed by atoms with Crippen LogP contribution in [0, 0.1) is 0 Å². The zero-order valence-corrected chi connectivity index (χ0v) is 12.2. The minimum Gasteiger partial charge on any atom is -0.454 e. The van der Waals surface area contributed by atoms with Crippen molar-refractivity contribution in [3.8, 4) is 11.5 Å². The van der Waals surface area contributed by atoms with Crippen molar-refractivity contribution in [3.05, 3.63) is 53.9 Å². The summed E-state index contributed by atoms with van der Waals surface area (Å²) >= 11 is 0. The Morgan fingerprint density at radius 2 is 2.10 bits per heavy atom. The lowest BCUT2D eigenvalue weighted by Crippen LogP contribution is -2.26. The number of aromatic nitrogens is 1. The Hall–Kier alpha value is -2.07. The van der Waals surface area contributed by atoms with Gasteiger partial charge in [0, 0.05) is 18.8 Å². The third-order valence-corrected chi connectivity index (χ3v) is 3.66. The highest BCUT2D eigenvalue weighted by molar-refractivity contribution is 5.44. The van der Waals surface area contributed by atoms with E-state index >= 15 is 0 Å². The van der Waals surface area contributed by atoms with Crippen LogP contribution in [0.25, 0.3) is 0 Å². The average Bonchev–Trinajstić information content (AvgIpc) is 2.99. The third kappa shape index (κ3) is 3.73. The second-order valence-electron chi connectivity index (χ2n) is 5.33. The van der Waals surface area contributed by atoms with Gasteiger partial charge in [-0.1, -0.05) is 12.1 Å². The molecular weight excluding hydrogens is 264 g/mol. The maximum atomic E-state index is 5.41. The van der Waals surface area contributed by atoms with Crippen LogP contribution < -0.4 is 14.8 Å². The Kier molecular flexibility index (Phi) is 4.36. The third-order valence-electron chi connectivity index (χ3n) is 3.66. The Bertz CT molecular complexity index is 587. The van der Waals surface area contributed by atoms with E-state index in [4.69, 9.17) is 9.47 Å². The Labute approximate surface area is 125 Å². The molecule has 1 N–H and O–H groups in total. The van der Waals surface area contributed by atoms with Crippen molar-refractivity contribution in [1.29, 1.82) is 0 Å². The van der Waals surface area contributed by atoms with Crippen LogP contribution in [0.1, 0.15) is 24.6 Å². The largest absolute Gasteiger partial charge is 0.454 e. The quantitative estimate of drug-likeness (QED) is 0.885. The number of ether oxygens (including phenoxy) is 2. The Morgan fingerprint density at radius 3 is 2.95 bits per heavy atom. The van der Waals surface area contributed by atoms with Crippen LogP contribution in [0.4, 0.5) is 0 Å². The van der Waals surface area contributed by atoms with Crippen molar-refractivity contribution >= 4 is 0 Å². The van der Waals surface area contributed by atoms with Crippen molar-refractivity contribution < 1.29 is 9.47 Å². The molecule has 1 aliphatic heterocycles. The highest BCUT2D eigenvalue weighted by atomic mass is 16.7. The minimum atomic E-state index is 0.334. The van der Waals surface area contributed by atoms with Crippen LogP contribution in [0.2, 0.25) is 0 Å². The summed E-state index contributed by atoms with van der Waals surface area (Å²) < 4.78 is 10.7. The molecule has 1 atom stereocenters. The van der Waals surface area contributed by atoms with Gasteiger partial charge in [-0.2, -0.15) is 0 Å². The first-order valence-corrected chi connectivity index (χ1v) is 7.33. The van der Waals surface area contributed by atoms with E-state index in [2.05, 4.69) is 29.4 Å². The molecule has 4 heteroatoms. The van der Waals surface area contributed by atoms with Gasteiger partial charge in [-0.05, 0) is 49.6 Å². The summed E-state index contributed by atoms with van der Waals surface area (Å²) in [6.07, 6.45) is 3.92. The molecule has 0 spiro atoms. The molecule has 2 heterocycles. The predicted molar refractivity (Wildman–Crippen MR) is 81.4 cm³/mol. The van der Waals surface area contributed by atoms with E-state index in [-0.39, 0.29) is 0 Å². The SMILES string of the molecule is CC(CCc1ccc2c(c1)OCO2)NCc1ccccn1. The summed E-state index contributed by atoms with van der Waals surface area (Å²) in [7, 11) is 0. The molecule has 2 aromatic rings. The second kappa shape index (κ2) is 6.59. The van der Waals surface area contributed by atoms with E-state index in [1.54, 1.807) is 0 Å². The van der Waals surface area contributed by atoms with Crippen LogP contribution in [-0.2, 0) is 13.0 Å². The number of pyridine rings is 1. The van der Waals surface area contributed by atoms with E-state index in [0.717, 1.165) is 36.6 Å². The lowest BCUT2D eigenvalue weighted by molar-refractivity contribution is 0.174. The molecule has 1 aliphatic rings.